The van der Waals surface area contributed by atoms with Crippen LogP contribution < -0.4 is 10.7 Å². The van der Waals surface area contributed by atoms with Crippen molar-refractivity contribution in [2.75, 3.05) is 0 Å². The number of H-pyrrole nitrogens is 2. The highest BCUT2D eigenvalue weighted by molar-refractivity contribution is 6.12. The van der Waals surface area contributed by atoms with Crippen molar-refractivity contribution in [2.24, 2.45) is 9.98 Å². The van der Waals surface area contributed by atoms with Gasteiger partial charge < -0.3 is 14.4 Å². The van der Waals surface area contributed by atoms with Gasteiger partial charge in [0.2, 0.25) is 0 Å². The largest absolute Gasteiger partial charge is 0.456 e. The maximum atomic E-state index is 6.72. The molecule has 3 aliphatic rings. The van der Waals surface area contributed by atoms with Crippen molar-refractivity contribution in [3.63, 3.8) is 0 Å². The molecule has 2 aromatic carbocycles. The quantitative estimate of drug-likeness (QED) is 0.265. The highest BCUT2D eigenvalue weighted by Crippen LogP contribution is 2.35. The summed E-state index contributed by atoms with van der Waals surface area (Å²) in [4.78, 5) is 17.5. The maximum Gasteiger partial charge on any atom is 0.137 e. The van der Waals surface area contributed by atoms with E-state index < -0.39 is 0 Å². The van der Waals surface area contributed by atoms with E-state index in [1.165, 1.54) is 0 Å². The monoisotopic (exact) mass is 544 g/mol. The third kappa shape index (κ3) is 3.93. The molecule has 8 rings (SSSR count). The second-order valence-electron chi connectivity index (χ2n) is 11.3. The topological polar surface area (TPSA) is 69.4 Å². The van der Waals surface area contributed by atoms with E-state index in [0.29, 0.717) is 0 Å². The van der Waals surface area contributed by atoms with Crippen molar-refractivity contribution < 1.29 is 4.42 Å². The number of allylic oxidation sites excluding steroid dienone is 3. The molecule has 3 aliphatic heterocycles. The number of nitrogens with zero attached hydrogens (tertiary/aromatic N) is 2. The molecule has 3 aromatic heterocycles. The minimum atomic E-state index is -0.321. The minimum Gasteiger partial charge on any atom is -0.456 e. The van der Waals surface area contributed by atoms with Gasteiger partial charge in [0.1, 0.15) is 11.5 Å². The fourth-order valence-electron chi connectivity index (χ4n) is 5.91. The fraction of sp³-hybridized carbons (Fsp3) is 0.0811. The zero-order valence-corrected chi connectivity index (χ0v) is 23.3. The molecular weight excluding hydrogens is 516 g/mol. The van der Waals surface area contributed by atoms with E-state index in [1.807, 2.05) is 30.3 Å². The number of rotatable bonds is 2. The van der Waals surface area contributed by atoms with Crippen LogP contribution in [0.2, 0.25) is 0 Å². The number of aromatic amines is 2. The second kappa shape index (κ2) is 9.32. The zero-order valence-electron chi connectivity index (χ0n) is 23.3. The van der Waals surface area contributed by atoms with Crippen molar-refractivity contribution in [3.05, 3.63) is 172 Å². The maximum absolute atomic E-state index is 6.72. The van der Waals surface area contributed by atoms with E-state index in [4.69, 9.17) is 14.4 Å². The number of hydrogen-bond donors (Lipinski definition) is 2. The van der Waals surface area contributed by atoms with Crippen LogP contribution >= 0.6 is 0 Å². The molecular formula is C37H28N4O. The van der Waals surface area contributed by atoms with Gasteiger partial charge in [0.15, 0.2) is 0 Å². The van der Waals surface area contributed by atoms with Crippen molar-refractivity contribution >= 4 is 28.3 Å². The summed E-state index contributed by atoms with van der Waals surface area (Å²) in [6.07, 6.45) is 8.35. The van der Waals surface area contributed by atoms with Crippen molar-refractivity contribution in [1.29, 1.82) is 0 Å². The molecule has 202 valence electrons. The van der Waals surface area contributed by atoms with Gasteiger partial charge in [-0.3, -0.25) is 4.99 Å². The normalized spacial score (nSPS) is 19.9. The average Bonchev–Trinajstić information content (AvgIpc) is 3.84. The summed E-state index contributed by atoms with van der Waals surface area (Å²) in [6, 6.07) is 33.2. The molecule has 0 aliphatic carbocycles. The molecule has 0 fully saturated rings. The highest BCUT2D eigenvalue weighted by Gasteiger charge is 2.30. The summed E-state index contributed by atoms with van der Waals surface area (Å²) in [7, 11) is 0. The van der Waals surface area contributed by atoms with Crippen LogP contribution in [0.1, 0.15) is 47.9 Å². The van der Waals surface area contributed by atoms with E-state index in [0.717, 1.165) is 78.7 Å². The van der Waals surface area contributed by atoms with Crippen LogP contribution in [0.4, 0.5) is 0 Å². The lowest BCUT2D eigenvalue weighted by molar-refractivity contribution is 0.539. The summed E-state index contributed by atoms with van der Waals surface area (Å²) in [6.45, 7) is 4.40. The third-order valence-electron chi connectivity index (χ3n) is 8.27. The van der Waals surface area contributed by atoms with Gasteiger partial charge in [0.05, 0.1) is 44.8 Å². The molecule has 42 heavy (non-hydrogen) atoms. The summed E-state index contributed by atoms with van der Waals surface area (Å²) in [5.41, 5.74) is 9.45. The Morgan fingerprint density at radius 3 is 2.00 bits per heavy atom. The van der Waals surface area contributed by atoms with Crippen molar-refractivity contribution in [1.82, 2.24) is 9.97 Å². The van der Waals surface area contributed by atoms with E-state index in [1.54, 1.807) is 0 Å². The Morgan fingerprint density at radius 1 is 0.571 bits per heavy atom. The van der Waals surface area contributed by atoms with Gasteiger partial charge >= 0.3 is 0 Å². The van der Waals surface area contributed by atoms with Crippen LogP contribution in [0.25, 0.3) is 16.8 Å². The molecule has 6 heterocycles. The molecule has 0 atom stereocenters. The molecule has 2 N–H and O–H groups in total. The number of benzene rings is 2. The van der Waals surface area contributed by atoms with Gasteiger partial charge in [-0.05, 0) is 85.7 Å². The molecule has 10 bridgehead atoms. The van der Waals surface area contributed by atoms with Gasteiger partial charge in [-0.25, -0.2) is 4.99 Å². The van der Waals surface area contributed by atoms with Crippen molar-refractivity contribution in [3.8, 4) is 0 Å². The van der Waals surface area contributed by atoms with Crippen LogP contribution in [0, 0.1) is 0 Å². The molecule has 0 saturated heterocycles. The molecule has 0 unspecified atom stereocenters. The Bertz CT molecular complexity index is 2140. The lowest BCUT2D eigenvalue weighted by atomic mass is 9.84. The molecule has 5 nitrogen and oxygen atoms in total. The average molecular weight is 545 g/mol. The third-order valence-corrected chi connectivity index (χ3v) is 8.27. The molecule has 5 heteroatoms. The van der Waals surface area contributed by atoms with Gasteiger partial charge in [0.25, 0.3) is 0 Å². The van der Waals surface area contributed by atoms with E-state index in [2.05, 4.69) is 115 Å². The molecule has 0 amide bonds. The van der Waals surface area contributed by atoms with Crippen LogP contribution in [-0.4, -0.2) is 21.4 Å². The van der Waals surface area contributed by atoms with Crippen molar-refractivity contribution in [2.45, 2.75) is 19.3 Å². The predicted molar refractivity (Wildman–Crippen MR) is 169 cm³/mol. The van der Waals surface area contributed by atoms with Crippen LogP contribution in [0.3, 0.4) is 0 Å². The Labute approximate surface area is 243 Å². The number of furan rings is 1. The number of nitrogens with one attached hydrogen (secondary N) is 2. The number of aromatic nitrogens is 2. The predicted octanol–water partition coefficient (Wildman–Crippen LogP) is 6.41. The smallest absolute Gasteiger partial charge is 0.137 e. The van der Waals surface area contributed by atoms with E-state index in [-0.39, 0.29) is 5.41 Å². The van der Waals surface area contributed by atoms with Gasteiger partial charge in [-0.2, -0.15) is 0 Å². The number of hydrogen-bond acceptors (Lipinski definition) is 3. The summed E-state index contributed by atoms with van der Waals surface area (Å²) < 4.78 is 6.72. The SMILES string of the molecule is CC1(C)C2=NC(=c3cc/c([nH]3)=C(/c3ccccc3)c3ccc(o3)/C(c3ccccc3)=C3/C=CC(=N3)c3ccc1[nH]3)C=C2. The first-order chi connectivity index (χ1) is 20.5. The van der Waals surface area contributed by atoms with Crippen LogP contribution in [0.5, 0.6) is 0 Å². The molecule has 0 saturated carbocycles. The van der Waals surface area contributed by atoms with Crippen LogP contribution in [-0.2, 0) is 5.41 Å². The Balaban J connectivity index is 1.44. The lowest BCUT2D eigenvalue weighted by Gasteiger charge is -2.22. The summed E-state index contributed by atoms with van der Waals surface area (Å²) in [5.74, 6) is 1.54. The standard InChI is InChI=1S/C37H28N4O/c1-37(2)33-21-17-27(40-33)25-13-15-29(38-25)35(23-9-5-3-6-10-23)31-19-20-32(42-31)36(24-11-7-4-8-12-24)30-16-14-26(39-30)28-18-22-34(37)41-28/h3-22,38,41H,1-2H3/b27-25?,35-29+,36-30-. The first-order valence-corrected chi connectivity index (χ1v) is 14.2. The number of fused-ring (bicyclic) bond motifs is 9. The van der Waals surface area contributed by atoms with Crippen LogP contribution in [0.15, 0.2) is 141 Å². The molecule has 0 spiro atoms. The highest BCUT2D eigenvalue weighted by atomic mass is 16.3. The molecule has 5 aromatic rings. The summed E-state index contributed by atoms with van der Waals surface area (Å²) >= 11 is 0. The van der Waals surface area contributed by atoms with Gasteiger partial charge in [0, 0.05) is 16.7 Å². The Hall–Kier alpha value is -5.42. The number of aliphatic imine (C=N–C) groups is 2. The Kier molecular flexibility index (Phi) is 5.41. The first kappa shape index (κ1) is 24.4. The zero-order chi connectivity index (χ0) is 28.3. The van der Waals surface area contributed by atoms with Gasteiger partial charge in [-0.1, -0.05) is 60.7 Å². The fourth-order valence-corrected chi connectivity index (χ4v) is 5.91. The van der Waals surface area contributed by atoms with E-state index >= 15 is 0 Å². The minimum absolute atomic E-state index is 0.321. The lowest BCUT2D eigenvalue weighted by Crippen LogP contribution is -2.27. The van der Waals surface area contributed by atoms with E-state index in [9.17, 15) is 0 Å². The summed E-state index contributed by atoms with van der Waals surface area (Å²) in [5, 5.41) is 1.93. The van der Waals surface area contributed by atoms with Gasteiger partial charge in [-0.15, -0.1) is 0 Å². The molecule has 0 radical (unpaired) electrons. The first-order valence-electron chi connectivity index (χ1n) is 14.2. The second-order valence-corrected chi connectivity index (χ2v) is 11.3. The Morgan fingerprint density at radius 2 is 1.24 bits per heavy atom.